The van der Waals surface area contributed by atoms with Crippen LogP contribution in [0.4, 0.5) is 0 Å². The highest BCUT2D eigenvalue weighted by atomic mass is 16.1. The first-order chi connectivity index (χ1) is 13.5. The van der Waals surface area contributed by atoms with Crippen LogP contribution in [-0.4, -0.2) is 20.7 Å². The third-order valence-electron chi connectivity index (χ3n) is 4.62. The predicted octanol–water partition coefficient (Wildman–Crippen LogP) is 4.27. The Hall–Kier alpha value is -2.95. The summed E-state index contributed by atoms with van der Waals surface area (Å²) in [4.78, 5) is 17.4. The topological polar surface area (TPSA) is 59.8 Å². The summed E-state index contributed by atoms with van der Waals surface area (Å²) in [7, 11) is 0. The Morgan fingerprint density at radius 1 is 1.18 bits per heavy atom. The third-order valence-corrected chi connectivity index (χ3v) is 4.62. The van der Waals surface area contributed by atoms with Crippen LogP contribution >= 0.6 is 0 Å². The van der Waals surface area contributed by atoms with Gasteiger partial charge >= 0.3 is 0 Å². The second-order valence-corrected chi connectivity index (χ2v) is 7.47. The van der Waals surface area contributed by atoms with E-state index in [0.717, 1.165) is 35.6 Å². The Labute approximate surface area is 166 Å². The molecule has 1 N–H and O–H groups in total. The van der Waals surface area contributed by atoms with Crippen molar-refractivity contribution in [3.05, 3.63) is 76.9 Å². The number of aryl methyl sites for hydroxylation is 1. The number of amides is 1. The van der Waals surface area contributed by atoms with Crippen LogP contribution in [0.15, 0.2) is 48.7 Å². The van der Waals surface area contributed by atoms with E-state index in [2.05, 4.69) is 50.1 Å². The van der Waals surface area contributed by atoms with Crippen molar-refractivity contribution < 1.29 is 4.79 Å². The van der Waals surface area contributed by atoms with Crippen LogP contribution in [0, 0.1) is 12.8 Å². The van der Waals surface area contributed by atoms with E-state index in [4.69, 9.17) is 5.10 Å². The molecule has 0 aliphatic rings. The Morgan fingerprint density at radius 2 is 2.00 bits per heavy atom. The summed E-state index contributed by atoms with van der Waals surface area (Å²) in [6, 6.07) is 13.9. The number of aromatic nitrogens is 3. The highest BCUT2D eigenvalue weighted by Crippen LogP contribution is 2.23. The summed E-state index contributed by atoms with van der Waals surface area (Å²) in [6.45, 7) is 8.82. The lowest BCUT2D eigenvalue weighted by molar-refractivity contribution is 0.0948. The maximum Gasteiger partial charge on any atom is 0.255 e. The van der Waals surface area contributed by atoms with E-state index < -0.39 is 0 Å². The number of rotatable bonds is 7. The summed E-state index contributed by atoms with van der Waals surface area (Å²) < 4.78 is 1.93. The van der Waals surface area contributed by atoms with E-state index in [1.807, 2.05) is 35.0 Å². The zero-order valence-corrected chi connectivity index (χ0v) is 17.1. The maximum absolute atomic E-state index is 13.1. The van der Waals surface area contributed by atoms with Crippen LogP contribution in [0.3, 0.4) is 0 Å². The van der Waals surface area contributed by atoms with Crippen molar-refractivity contribution in [1.29, 1.82) is 0 Å². The molecule has 3 aromatic rings. The molecule has 1 amide bonds. The zero-order valence-electron chi connectivity index (χ0n) is 17.1. The molecule has 0 saturated carbocycles. The van der Waals surface area contributed by atoms with Gasteiger partial charge in [-0.25, -0.2) is 4.68 Å². The fraction of sp³-hybridized carbons (Fsp3) is 0.348. The minimum Gasteiger partial charge on any atom is -0.346 e. The quantitative estimate of drug-likeness (QED) is 0.670. The highest BCUT2D eigenvalue weighted by Gasteiger charge is 2.24. The summed E-state index contributed by atoms with van der Waals surface area (Å²) in [6.07, 6.45) is 3.22. The number of benzene rings is 1. The molecule has 5 heteroatoms. The number of hydrogen-bond donors (Lipinski definition) is 1. The lowest BCUT2D eigenvalue weighted by Gasteiger charge is -2.10. The Bertz CT molecular complexity index is 944. The number of hydrogen-bond acceptors (Lipinski definition) is 3. The van der Waals surface area contributed by atoms with E-state index >= 15 is 0 Å². The van der Waals surface area contributed by atoms with E-state index in [-0.39, 0.29) is 5.91 Å². The molecule has 0 radical (unpaired) electrons. The standard InChI is InChI=1S/C23H28N4O/c1-5-21-22(23(28)25-15-18-10-6-7-12-24-18)20(13-16(2)3)26-27(21)19-11-8-9-17(4)14-19/h6-12,14,16H,5,13,15H2,1-4H3,(H,25,28). The molecular weight excluding hydrogens is 348 g/mol. The van der Waals surface area contributed by atoms with Crippen LogP contribution in [0.5, 0.6) is 0 Å². The van der Waals surface area contributed by atoms with Crippen molar-refractivity contribution in [2.75, 3.05) is 0 Å². The van der Waals surface area contributed by atoms with Gasteiger partial charge in [0.25, 0.3) is 5.91 Å². The fourth-order valence-electron chi connectivity index (χ4n) is 3.36. The number of pyridine rings is 1. The van der Waals surface area contributed by atoms with E-state index in [1.54, 1.807) is 6.20 Å². The Morgan fingerprint density at radius 3 is 2.64 bits per heavy atom. The maximum atomic E-state index is 13.1. The molecule has 0 unspecified atom stereocenters. The summed E-state index contributed by atoms with van der Waals surface area (Å²) in [5.74, 6) is 0.324. The first kappa shape index (κ1) is 19.8. The van der Waals surface area contributed by atoms with Crippen LogP contribution in [0.2, 0.25) is 0 Å². The SMILES string of the molecule is CCc1c(C(=O)NCc2ccccn2)c(CC(C)C)nn1-c1cccc(C)c1. The average Bonchev–Trinajstić information content (AvgIpc) is 3.04. The molecule has 2 aromatic heterocycles. The molecule has 0 spiro atoms. The first-order valence-corrected chi connectivity index (χ1v) is 9.85. The van der Waals surface area contributed by atoms with E-state index in [0.29, 0.717) is 18.0 Å². The second kappa shape index (κ2) is 8.83. The van der Waals surface area contributed by atoms with Crippen molar-refractivity contribution >= 4 is 5.91 Å². The largest absolute Gasteiger partial charge is 0.346 e. The lowest BCUT2D eigenvalue weighted by Crippen LogP contribution is -2.25. The summed E-state index contributed by atoms with van der Waals surface area (Å²) >= 11 is 0. The third kappa shape index (κ3) is 4.47. The zero-order chi connectivity index (χ0) is 20.1. The molecule has 0 fully saturated rings. The molecule has 2 heterocycles. The van der Waals surface area contributed by atoms with Gasteiger partial charge in [-0.3, -0.25) is 9.78 Å². The van der Waals surface area contributed by atoms with Gasteiger partial charge in [0.1, 0.15) is 0 Å². The van der Waals surface area contributed by atoms with Crippen LogP contribution in [0.25, 0.3) is 5.69 Å². The summed E-state index contributed by atoms with van der Waals surface area (Å²) in [5, 5.41) is 7.87. The number of nitrogens with zero attached hydrogens (tertiary/aromatic N) is 3. The second-order valence-electron chi connectivity index (χ2n) is 7.47. The van der Waals surface area contributed by atoms with Gasteiger partial charge in [0.05, 0.1) is 34.9 Å². The number of carbonyl (C=O) groups excluding carboxylic acids is 1. The molecule has 0 saturated heterocycles. The minimum absolute atomic E-state index is 0.0861. The molecule has 0 aliphatic heterocycles. The predicted molar refractivity (Wildman–Crippen MR) is 112 cm³/mol. The van der Waals surface area contributed by atoms with E-state index in [1.165, 1.54) is 5.56 Å². The van der Waals surface area contributed by atoms with Crippen molar-refractivity contribution in [2.45, 2.75) is 47.1 Å². The molecule has 3 rings (SSSR count). The van der Waals surface area contributed by atoms with Crippen molar-refractivity contribution in [2.24, 2.45) is 5.92 Å². The smallest absolute Gasteiger partial charge is 0.255 e. The fourth-order valence-corrected chi connectivity index (χ4v) is 3.36. The van der Waals surface area contributed by atoms with Gasteiger partial charge in [0, 0.05) is 6.20 Å². The van der Waals surface area contributed by atoms with E-state index in [9.17, 15) is 4.79 Å². The van der Waals surface area contributed by atoms with Crippen LogP contribution < -0.4 is 5.32 Å². The molecule has 5 nitrogen and oxygen atoms in total. The van der Waals surface area contributed by atoms with Gasteiger partial charge in [-0.05, 0) is 55.5 Å². The van der Waals surface area contributed by atoms with Gasteiger partial charge in [0.15, 0.2) is 0 Å². The number of nitrogens with one attached hydrogen (secondary N) is 1. The van der Waals surface area contributed by atoms with Crippen LogP contribution in [-0.2, 0) is 19.4 Å². The van der Waals surface area contributed by atoms with Gasteiger partial charge in [-0.2, -0.15) is 5.10 Å². The monoisotopic (exact) mass is 376 g/mol. The van der Waals surface area contributed by atoms with Crippen molar-refractivity contribution in [3.8, 4) is 5.69 Å². The lowest BCUT2D eigenvalue weighted by atomic mass is 10.0. The van der Waals surface area contributed by atoms with Gasteiger partial charge < -0.3 is 5.32 Å². The van der Waals surface area contributed by atoms with Gasteiger partial charge in [-0.1, -0.05) is 39.0 Å². The average molecular weight is 377 g/mol. The van der Waals surface area contributed by atoms with Crippen LogP contribution in [0.1, 0.15) is 53.8 Å². The normalized spacial score (nSPS) is 11.0. The molecule has 0 aliphatic carbocycles. The van der Waals surface area contributed by atoms with Crippen molar-refractivity contribution in [3.63, 3.8) is 0 Å². The van der Waals surface area contributed by atoms with Crippen molar-refractivity contribution in [1.82, 2.24) is 20.1 Å². The molecule has 1 aromatic carbocycles. The molecule has 146 valence electrons. The minimum atomic E-state index is -0.0861. The molecule has 0 atom stereocenters. The molecule has 0 bridgehead atoms. The van der Waals surface area contributed by atoms with Gasteiger partial charge in [-0.15, -0.1) is 0 Å². The van der Waals surface area contributed by atoms with Gasteiger partial charge in [0.2, 0.25) is 0 Å². The Balaban J connectivity index is 1.98. The molecular formula is C23H28N4O. The highest BCUT2D eigenvalue weighted by molar-refractivity contribution is 5.96. The summed E-state index contributed by atoms with van der Waals surface area (Å²) in [5.41, 5.74) is 5.50. The molecule has 28 heavy (non-hydrogen) atoms. The Kier molecular flexibility index (Phi) is 6.24. The number of carbonyl (C=O) groups is 1. The first-order valence-electron chi connectivity index (χ1n) is 9.85.